The minimum Gasteiger partial charge on any atom is -0.343 e. The van der Waals surface area contributed by atoms with Crippen molar-refractivity contribution in [3.63, 3.8) is 0 Å². The Labute approximate surface area is 130 Å². The molecule has 22 heavy (non-hydrogen) atoms. The zero-order chi connectivity index (χ0) is 16.3. The number of rotatable bonds is 4. The van der Waals surface area contributed by atoms with Gasteiger partial charge in [-0.2, -0.15) is 0 Å². The summed E-state index contributed by atoms with van der Waals surface area (Å²) in [6.45, 7) is 5.21. The molecule has 0 N–H and O–H groups in total. The van der Waals surface area contributed by atoms with Crippen LogP contribution < -0.4 is 0 Å². The van der Waals surface area contributed by atoms with Crippen molar-refractivity contribution in [3.8, 4) is 0 Å². The zero-order valence-corrected chi connectivity index (χ0v) is 13.4. The van der Waals surface area contributed by atoms with E-state index >= 15 is 0 Å². The summed E-state index contributed by atoms with van der Waals surface area (Å²) in [7, 11) is 1.72. The predicted octanol–water partition coefficient (Wildman–Crippen LogP) is 2.60. The van der Waals surface area contributed by atoms with Gasteiger partial charge in [0, 0.05) is 26.6 Å². The van der Waals surface area contributed by atoms with E-state index in [4.69, 9.17) is 0 Å². The Balaban J connectivity index is 2.35. The van der Waals surface area contributed by atoms with Gasteiger partial charge in [-0.25, -0.2) is 4.39 Å². The van der Waals surface area contributed by atoms with Gasteiger partial charge in [-0.3, -0.25) is 9.59 Å². The zero-order valence-electron chi connectivity index (χ0n) is 13.4. The predicted molar refractivity (Wildman–Crippen MR) is 82.6 cm³/mol. The second-order valence-electron chi connectivity index (χ2n) is 5.66. The van der Waals surface area contributed by atoms with Crippen LogP contribution in [0.4, 0.5) is 4.39 Å². The Morgan fingerprint density at radius 1 is 1.27 bits per heavy atom. The molecule has 2 rings (SSSR count). The molecule has 4 nitrogen and oxygen atoms in total. The number of likely N-dealkylation sites (tertiary alicyclic amines) is 1. The Morgan fingerprint density at radius 3 is 2.41 bits per heavy atom. The summed E-state index contributed by atoms with van der Waals surface area (Å²) in [5.41, 5.74) is 0.808. The van der Waals surface area contributed by atoms with Crippen LogP contribution in [-0.4, -0.2) is 41.8 Å². The van der Waals surface area contributed by atoms with Gasteiger partial charge in [-0.15, -0.1) is 0 Å². The number of carbonyl (C=O) groups excluding carboxylic acids is 2. The van der Waals surface area contributed by atoms with Crippen LogP contribution in [0.2, 0.25) is 0 Å². The molecule has 0 radical (unpaired) electrons. The van der Waals surface area contributed by atoms with Gasteiger partial charge in [0.2, 0.25) is 11.8 Å². The van der Waals surface area contributed by atoms with Crippen molar-refractivity contribution in [2.24, 2.45) is 5.92 Å². The van der Waals surface area contributed by atoms with E-state index in [9.17, 15) is 14.0 Å². The minimum atomic E-state index is -0.324. The molecule has 1 saturated heterocycles. The van der Waals surface area contributed by atoms with Gasteiger partial charge in [0.25, 0.3) is 0 Å². The molecule has 0 unspecified atom stereocenters. The average molecular weight is 306 g/mol. The highest BCUT2D eigenvalue weighted by molar-refractivity contribution is 5.85. The largest absolute Gasteiger partial charge is 0.343 e. The molecule has 2 amide bonds. The maximum atomic E-state index is 13.2. The summed E-state index contributed by atoms with van der Waals surface area (Å²) in [6.07, 6.45) is 0.923. The highest BCUT2D eigenvalue weighted by Crippen LogP contribution is 2.36. The fourth-order valence-electron chi connectivity index (χ4n) is 3.18. The van der Waals surface area contributed by atoms with Crippen molar-refractivity contribution >= 4 is 11.8 Å². The molecule has 1 aromatic rings. The topological polar surface area (TPSA) is 40.6 Å². The van der Waals surface area contributed by atoms with Crippen LogP contribution >= 0.6 is 0 Å². The fraction of sp³-hybridized carbons (Fsp3) is 0.529. The van der Waals surface area contributed by atoms with Crippen molar-refractivity contribution in [2.75, 3.05) is 20.1 Å². The van der Waals surface area contributed by atoms with Crippen LogP contribution in [0.25, 0.3) is 0 Å². The molecule has 0 bridgehead atoms. The first-order valence-electron chi connectivity index (χ1n) is 7.79. The highest BCUT2D eigenvalue weighted by Gasteiger charge is 2.40. The lowest BCUT2D eigenvalue weighted by molar-refractivity contribution is -0.146. The Kier molecular flexibility index (Phi) is 5.16. The summed E-state index contributed by atoms with van der Waals surface area (Å²) in [4.78, 5) is 28.3. The van der Waals surface area contributed by atoms with Gasteiger partial charge in [-0.1, -0.05) is 12.1 Å². The van der Waals surface area contributed by atoms with Gasteiger partial charge in [0.1, 0.15) is 5.82 Å². The quantitative estimate of drug-likeness (QED) is 0.858. The molecule has 1 aliphatic heterocycles. The molecule has 1 aromatic carbocycles. The van der Waals surface area contributed by atoms with E-state index < -0.39 is 0 Å². The van der Waals surface area contributed by atoms with E-state index in [2.05, 4.69) is 0 Å². The first-order chi connectivity index (χ1) is 10.5. The van der Waals surface area contributed by atoms with E-state index in [0.29, 0.717) is 25.9 Å². The van der Waals surface area contributed by atoms with Gasteiger partial charge in [0.05, 0.1) is 12.0 Å². The van der Waals surface area contributed by atoms with Gasteiger partial charge in [0.15, 0.2) is 0 Å². The summed E-state index contributed by atoms with van der Waals surface area (Å²) in [5.74, 6) is -0.496. The second-order valence-corrected chi connectivity index (χ2v) is 5.66. The number of hydrogen-bond acceptors (Lipinski definition) is 2. The first-order valence-corrected chi connectivity index (χ1v) is 7.79. The third kappa shape index (κ3) is 3.13. The molecule has 1 aliphatic rings. The van der Waals surface area contributed by atoms with Crippen molar-refractivity contribution in [1.82, 2.24) is 9.80 Å². The molecule has 120 valence electrons. The molecule has 2 atom stereocenters. The number of piperidine rings is 1. The molecular weight excluding hydrogens is 283 g/mol. The number of halogens is 1. The Hall–Kier alpha value is -1.91. The number of carbonyl (C=O) groups is 2. The lowest BCUT2D eigenvalue weighted by atomic mass is 9.83. The van der Waals surface area contributed by atoms with Crippen LogP contribution in [0.3, 0.4) is 0 Å². The van der Waals surface area contributed by atoms with Gasteiger partial charge >= 0.3 is 0 Å². The third-order valence-electron chi connectivity index (χ3n) is 4.46. The highest BCUT2D eigenvalue weighted by atomic mass is 19.1. The standard InChI is InChI=1S/C17H23FN2O2/c1-4-20(5-2)17(22)14-10-11-15(21)19(3)16(14)12-6-8-13(18)9-7-12/h6-9,14,16H,4-5,10-11H2,1-3H3/t14-,16-/m1/s1. The number of hydrogen-bond donors (Lipinski definition) is 0. The maximum absolute atomic E-state index is 13.2. The summed E-state index contributed by atoms with van der Waals surface area (Å²) in [6, 6.07) is 5.76. The minimum absolute atomic E-state index is 0.0259. The van der Waals surface area contributed by atoms with Crippen molar-refractivity contribution < 1.29 is 14.0 Å². The van der Waals surface area contributed by atoms with Crippen LogP contribution in [0.1, 0.15) is 38.3 Å². The first kappa shape index (κ1) is 16.5. The fourth-order valence-corrected chi connectivity index (χ4v) is 3.18. The molecule has 1 heterocycles. The molecule has 1 fully saturated rings. The summed E-state index contributed by atoms with van der Waals surface area (Å²) in [5, 5.41) is 0. The lowest BCUT2D eigenvalue weighted by Crippen LogP contribution is -2.47. The maximum Gasteiger partial charge on any atom is 0.228 e. The smallest absolute Gasteiger partial charge is 0.228 e. The van der Waals surface area contributed by atoms with Gasteiger partial charge < -0.3 is 9.80 Å². The van der Waals surface area contributed by atoms with Crippen molar-refractivity contribution in [3.05, 3.63) is 35.6 Å². The SMILES string of the molecule is CCN(CC)C(=O)[C@@H]1CCC(=O)N(C)[C@@H]1c1ccc(F)cc1. The second kappa shape index (κ2) is 6.90. The van der Waals surface area contributed by atoms with Crippen LogP contribution in [0.5, 0.6) is 0 Å². The van der Waals surface area contributed by atoms with E-state index in [1.807, 2.05) is 13.8 Å². The third-order valence-corrected chi connectivity index (χ3v) is 4.46. The Bertz CT molecular complexity index is 540. The summed E-state index contributed by atoms with van der Waals surface area (Å²) < 4.78 is 13.2. The lowest BCUT2D eigenvalue weighted by Gasteiger charge is -2.40. The molecular formula is C17H23FN2O2. The molecule has 0 aliphatic carbocycles. The normalized spacial score (nSPS) is 21.8. The number of benzene rings is 1. The summed E-state index contributed by atoms with van der Waals surface area (Å²) >= 11 is 0. The molecule has 5 heteroatoms. The van der Waals surface area contributed by atoms with Gasteiger partial charge in [-0.05, 0) is 38.0 Å². The molecule has 0 spiro atoms. The van der Waals surface area contributed by atoms with Crippen molar-refractivity contribution in [1.29, 1.82) is 0 Å². The van der Waals surface area contributed by atoms with Crippen LogP contribution in [-0.2, 0) is 9.59 Å². The van der Waals surface area contributed by atoms with E-state index in [-0.39, 0.29) is 29.6 Å². The number of amides is 2. The van der Waals surface area contributed by atoms with Crippen LogP contribution in [0.15, 0.2) is 24.3 Å². The Morgan fingerprint density at radius 2 is 1.86 bits per heavy atom. The number of nitrogens with zero attached hydrogens (tertiary/aromatic N) is 2. The van der Waals surface area contributed by atoms with E-state index in [1.54, 1.807) is 29.0 Å². The van der Waals surface area contributed by atoms with E-state index in [0.717, 1.165) is 5.56 Å². The molecule has 0 saturated carbocycles. The van der Waals surface area contributed by atoms with Crippen molar-refractivity contribution in [2.45, 2.75) is 32.7 Å². The average Bonchev–Trinajstić information content (AvgIpc) is 2.52. The molecule has 0 aromatic heterocycles. The van der Waals surface area contributed by atoms with E-state index in [1.165, 1.54) is 12.1 Å². The van der Waals surface area contributed by atoms with Crippen LogP contribution in [0, 0.1) is 11.7 Å². The monoisotopic (exact) mass is 306 g/mol.